The van der Waals surface area contributed by atoms with Crippen molar-refractivity contribution < 1.29 is 59.4 Å². The molecule has 2 aromatic rings. The molecule has 0 aliphatic rings. The van der Waals surface area contributed by atoms with E-state index in [1.54, 1.807) is 0 Å². The largest absolute Gasteiger partial charge is 0.394 e. The van der Waals surface area contributed by atoms with Gasteiger partial charge in [-0.25, -0.2) is 0 Å². The molecule has 0 spiro atoms. The highest BCUT2D eigenvalue weighted by molar-refractivity contribution is 14.1. The van der Waals surface area contributed by atoms with Crippen LogP contribution in [0.5, 0.6) is 0 Å². The Morgan fingerprint density at radius 1 is 0.482 bits per heavy atom. The standard InChI is InChI=1S/C32H38I6N6O12/c1-41(29(53)17-21(33)19(31(55)43(3)7-13(49)9-45)25(37)27(23(17)35)39-15(51)11-47)5-6-42(2)30(54)18-22(34)20(32(56)44(4)8-14(50)10-46)26(38)28(24(18)36)40-16(52)12-48/h13-14,45-50H,5-12H2,1-4H3,(H,39,51)(H,40,52). The smallest absolute Gasteiger partial charge is 0.255 e. The molecule has 8 N–H and O–H groups in total. The number of amides is 6. The van der Waals surface area contributed by atoms with E-state index in [-0.39, 0.29) is 81.2 Å². The van der Waals surface area contributed by atoms with Gasteiger partial charge >= 0.3 is 0 Å². The summed E-state index contributed by atoms with van der Waals surface area (Å²) in [4.78, 5) is 85.2. The summed E-state index contributed by atoms with van der Waals surface area (Å²) in [6.45, 7) is -3.52. The van der Waals surface area contributed by atoms with Crippen molar-refractivity contribution in [1.82, 2.24) is 19.6 Å². The van der Waals surface area contributed by atoms with Gasteiger partial charge < -0.3 is 60.9 Å². The van der Waals surface area contributed by atoms with E-state index >= 15 is 0 Å². The van der Waals surface area contributed by atoms with Gasteiger partial charge in [-0.15, -0.1) is 0 Å². The second-order valence-corrected chi connectivity index (χ2v) is 18.5. The average molecular weight is 1460 g/mol. The minimum atomic E-state index is -1.24. The third-order valence-corrected chi connectivity index (χ3v) is 14.3. The Morgan fingerprint density at radius 2 is 0.732 bits per heavy atom. The van der Waals surface area contributed by atoms with Gasteiger partial charge in [0.2, 0.25) is 11.8 Å². The monoisotopic (exact) mass is 1460 g/mol. The molecule has 0 saturated heterocycles. The van der Waals surface area contributed by atoms with Crippen molar-refractivity contribution in [3.63, 3.8) is 0 Å². The topological polar surface area (TPSA) is 261 Å². The van der Waals surface area contributed by atoms with Crippen LogP contribution in [-0.4, -0.2) is 179 Å². The van der Waals surface area contributed by atoms with Gasteiger partial charge in [-0.2, -0.15) is 0 Å². The number of nitrogens with zero attached hydrogens (tertiary/aromatic N) is 4. The van der Waals surface area contributed by atoms with Crippen molar-refractivity contribution in [2.75, 3.05) is 91.4 Å². The van der Waals surface area contributed by atoms with Crippen LogP contribution in [0.1, 0.15) is 41.4 Å². The Bertz CT molecular complexity index is 1740. The highest BCUT2D eigenvalue weighted by atomic mass is 127. The number of hydrogen-bond donors (Lipinski definition) is 8. The van der Waals surface area contributed by atoms with Gasteiger partial charge in [0, 0.05) is 61.5 Å². The first-order valence-corrected chi connectivity index (χ1v) is 22.4. The number of carbonyl (C=O) groups is 6. The summed E-state index contributed by atoms with van der Waals surface area (Å²) < 4.78 is 1.52. The molecule has 56 heavy (non-hydrogen) atoms. The molecule has 18 nitrogen and oxygen atoms in total. The number of anilines is 2. The second-order valence-electron chi connectivity index (χ2n) is 12.0. The van der Waals surface area contributed by atoms with E-state index in [2.05, 4.69) is 10.6 Å². The van der Waals surface area contributed by atoms with Crippen LogP contribution >= 0.6 is 136 Å². The zero-order valence-electron chi connectivity index (χ0n) is 30.0. The SMILES string of the molecule is CN(CCN(C)C(=O)c1c(I)c(NC(=O)CO)c(I)c(C(=O)N(C)CC(O)CO)c1I)C(=O)c1c(I)c(NC(=O)CO)c(I)c(C(=O)N(C)CC(O)CO)c1I. The fraction of sp³-hybridized carbons (Fsp3) is 0.438. The molecular formula is C32H38I6N6O12. The van der Waals surface area contributed by atoms with Gasteiger partial charge in [0.15, 0.2) is 0 Å². The van der Waals surface area contributed by atoms with Gasteiger partial charge in [-0.3, -0.25) is 28.8 Å². The molecule has 0 saturated carbocycles. The summed E-state index contributed by atoms with van der Waals surface area (Å²) >= 11 is 11.1. The van der Waals surface area contributed by atoms with Crippen LogP contribution in [0.15, 0.2) is 0 Å². The zero-order valence-corrected chi connectivity index (χ0v) is 42.9. The molecule has 0 bridgehead atoms. The average Bonchev–Trinajstić information content (AvgIpc) is 3.15. The number of carbonyl (C=O) groups excluding carboxylic acids is 6. The lowest BCUT2D eigenvalue weighted by Crippen LogP contribution is -2.40. The maximum absolute atomic E-state index is 14.1. The molecule has 2 atom stereocenters. The van der Waals surface area contributed by atoms with Crippen LogP contribution in [0.25, 0.3) is 0 Å². The number of aliphatic hydroxyl groups is 6. The molecule has 2 rings (SSSR count). The highest BCUT2D eigenvalue weighted by Gasteiger charge is 2.34. The third-order valence-electron chi connectivity index (χ3n) is 7.85. The fourth-order valence-corrected chi connectivity index (χ4v) is 13.6. The molecule has 0 heterocycles. The van der Waals surface area contributed by atoms with E-state index in [9.17, 15) is 59.4 Å². The lowest BCUT2D eigenvalue weighted by molar-refractivity contribution is -0.119. The maximum atomic E-state index is 14.1. The third kappa shape index (κ3) is 12.5. The summed E-state index contributed by atoms with van der Waals surface area (Å²) in [6, 6.07) is 0. The first-order chi connectivity index (χ1) is 26.1. The van der Waals surface area contributed by atoms with Gasteiger partial charge in [-0.1, -0.05) is 0 Å². The summed E-state index contributed by atoms with van der Waals surface area (Å²) in [5.41, 5.74) is 0.350. The van der Waals surface area contributed by atoms with Gasteiger partial charge in [0.25, 0.3) is 23.6 Å². The number of benzene rings is 2. The van der Waals surface area contributed by atoms with E-state index in [0.717, 1.165) is 9.80 Å². The molecule has 24 heteroatoms. The Hall–Kier alpha value is -0.600. The first kappa shape index (κ1) is 51.5. The van der Waals surface area contributed by atoms with Gasteiger partial charge in [0.1, 0.15) is 13.2 Å². The predicted molar refractivity (Wildman–Crippen MR) is 255 cm³/mol. The fourth-order valence-electron chi connectivity index (χ4n) is 4.84. The molecule has 0 radical (unpaired) electrons. The molecule has 0 aliphatic carbocycles. The minimum absolute atomic E-state index is 0.0327. The second kappa shape index (κ2) is 23.4. The highest BCUT2D eigenvalue weighted by Crippen LogP contribution is 2.38. The van der Waals surface area contributed by atoms with Crippen molar-refractivity contribution in [2.24, 2.45) is 0 Å². The first-order valence-electron chi connectivity index (χ1n) is 15.9. The van der Waals surface area contributed by atoms with Crippen LogP contribution in [0, 0.1) is 21.4 Å². The van der Waals surface area contributed by atoms with Gasteiger partial charge in [0.05, 0.1) is 73.3 Å². The minimum Gasteiger partial charge on any atom is -0.394 e. The lowest BCUT2D eigenvalue weighted by atomic mass is 10.1. The Balaban J connectivity index is 2.59. The maximum Gasteiger partial charge on any atom is 0.255 e. The van der Waals surface area contributed by atoms with Crippen molar-refractivity contribution in [1.29, 1.82) is 0 Å². The lowest BCUT2D eigenvalue weighted by Gasteiger charge is -2.27. The molecule has 2 aromatic carbocycles. The predicted octanol–water partition coefficient (Wildman–Crippen LogP) is 0.870. The van der Waals surface area contributed by atoms with Gasteiger partial charge in [-0.05, 0) is 136 Å². The van der Waals surface area contributed by atoms with Crippen molar-refractivity contribution in [3.05, 3.63) is 43.7 Å². The normalized spacial score (nSPS) is 12.1. The summed E-state index contributed by atoms with van der Waals surface area (Å²) in [5.74, 6) is -4.00. The zero-order chi connectivity index (χ0) is 42.9. The van der Waals surface area contributed by atoms with Crippen LogP contribution in [0.4, 0.5) is 11.4 Å². The molecular weight excluding hydrogens is 1420 g/mol. The van der Waals surface area contributed by atoms with Crippen LogP contribution in [-0.2, 0) is 9.59 Å². The molecule has 310 valence electrons. The van der Waals surface area contributed by atoms with Crippen LogP contribution < -0.4 is 10.6 Å². The molecule has 0 fully saturated rings. The van der Waals surface area contributed by atoms with Crippen molar-refractivity contribution in [3.8, 4) is 0 Å². The van der Waals surface area contributed by atoms with E-state index in [1.807, 2.05) is 136 Å². The van der Waals surface area contributed by atoms with E-state index in [0.29, 0.717) is 0 Å². The van der Waals surface area contributed by atoms with Crippen LogP contribution in [0.3, 0.4) is 0 Å². The number of halogens is 6. The number of likely N-dealkylation sites (N-methyl/N-ethyl adjacent to an activating group) is 4. The molecule has 6 amide bonds. The van der Waals surface area contributed by atoms with Crippen LogP contribution in [0.2, 0.25) is 0 Å². The molecule has 0 aromatic heterocycles. The number of rotatable bonds is 17. The number of hydrogen-bond acceptors (Lipinski definition) is 12. The Labute approximate surface area is 403 Å². The summed E-state index contributed by atoms with van der Waals surface area (Å²) in [5, 5.41) is 62.5. The quantitative estimate of drug-likeness (QED) is 0.103. The van der Waals surface area contributed by atoms with E-state index < -0.39 is 74.1 Å². The Kier molecular flexibility index (Phi) is 21.5. The number of aliphatic hydroxyl groups excluding tert-OH is 6. The molecule has 2 unspecified atom stereocenters. The summed E-state index contributed by atoms with van der Waals surface area (Å²) in [6.07, 6.45) is -2.47. The summed E-state index contributed by atoms with van der Waals surface area (Å²) in [7, 11) is 5.73. The van der Waals surface area contributed by atoms with E-state index in [4.69, 9.17) is 0 Å². The van der Waals surface area contributed by atoms with E-state index in [1.165, 1.54) is 38.0 Å². The molecule has 0 aliphatic heterocycles. The van der Waals surface area contributed by atoms with Crippen molar-refractivity contribution in [2.45, 2.75) is 12.2 Å². The van der Waals surface area contributed by atoms with Crippen molar-refractivity contribution >= 4 is 182 Å². The number of nitrogens with one attached hydrogen (secondary N) is 2. The Morgan fingerprint density at radius 3 is 0.964 bits per heavy atom.